The van der Waals surface area contributed by atoms with E-state index in [0.717, 1.165) is 29.1 Å². The molecule has 1 aromatic rings. The van der Waals surface area contributed by atoms with Crippen LogP contribution in [0.15, 0.2) is 0 Å². The molecule has 1 N–H and O–H groups in total. The maximum Gasteiger partial charge on any atom is 0.205 e. The van der Waals surface area contributed by atoms with Crippen molar-refractivity contribution in [2.75, 3.05) is 31.5 Å². The van der Waals surface area contributed by atoms with E-state index in [0.29, 0.717) is 0 Å². The SMILES string of the molecule is Cc1nnc(NCCN2CCC(C)CC2)s1. The molecule has 0 unspecified atom stereocenters. The number of likely N-dealkylation sites (tertiary alicyclic amines) is 1. The van der Waals surface area contributed by atoms with Gasteiger partial charge in [-0.25, -0.2) is 0 Å². The molecule has 5 heteroatoms. The number of nitrogens with one attached hydrogen (secondary N) is 1. The quantitative estimate of drug-likeness (QED) is 0.874. The van der Waals surface area contributed by atoms with Crippen molar-refractivity contribution in [1.82, 2.24) is 15.1 Å². The Morgan fingerprint density at radius 2 is 2.12 bits per heavy atom. The first kappa shape index (κ1) is 11.8. The van der Waals surface area contributed by atoms with Crippen LogP contribution in [0.1, 0.15) is 24.8 Å². The monoisotopic (exact) mass is 240 g/mol. The third-order valence-electron chi connectivity index (χ3n) is 3.11. The Labute approximate surface area is 101 Å². The van der Waals surface area contributed by atoms with Crippen LogP contribution in [0.3, 0.4) is 0 Å². The summed E-state index contributed by atoms with van der Waals surface area (Å²) < 4.78 is 0. The summed E-state index contributed by atoms with van der Waals surface area (Å²) in [7, 11) is 0. The molecule has 1 saturated heterocycles. The molecule has 0 aromatic carbocycles. The summed E-state index contributed by atoms with van der Waals surface area (Å²) in [5.41, 5.74) is 0. The lowest BCUT2D eigenvalue weighted by atomic mass is 9.99. The van der Waals surface area contributed by atoms with Gasteiger partial charge in [-0.15, -0.1) is 10.2 Å². The Morgan fingerprint density at radius 1 is 1.38 bits per heavy atom. The highest BCUT2D eigenvalue weighted by Gasteiger charge is 2.14. The fraction of sp³-hybridized carbons (Fsp3) is 0.818. The standard InChI is InChI=1S/C11H20N4S/c1-9-3-6-15(7-4-9)8-5-12-11-14-13-10(2)16-11/h9H,3-8H2,1-2H3,(H,12,14). The molecule has 2 heterocycles. The van der Waals surface area contributed by atoms with E-state index in [1.165, 1.54) is 25.9 Å². The number of piperidine rings is 1. The van der Waals surface area contributed by atoms with Gasteiger partial charge in [0.1, 0.15) is 5.01 Å². The zero-order chi connectivity index (χ0) is 11.4. The van der Waals surface area contributed by atoms with Gasteiger partial charge in [-0.1, -0.05) is 18.3 Å². The molecule has 1 aromatic heterocycles. The summed E-state index contributed by atoms with van der Waals surface area (Å²) in [5, 5.41) is 13.3. The van der Waals surface area contributed by atoms with E-state index in [2.05, 4.69) is 27.3 Å². The van der Waals surface area contributed by atoms with E-state index in [4.69, 9.17) is 0 Å². The highest BCUT2D eigenvalue weighted by molar-refractivity contribution is 7.15. The van der Waals surface area contributed by atoms with Crippen molar-refractivity contribution in [2.45, 2.75) is 26.7 Å². The molecule has 2 rings (SSSR count). The summed E-state index contributed by atoms with van der Waals surface area (Å²) in [6.45, 7) is 8.92. The van der Waals surface area contributed by atoms with Gasteiger partial charge in [-0.05, 0) is 38.8 Å². The van der Waals surface area contributed by atoms with Crippen LogP contribution >= 0.6 is 11.3 Å². The molecular formula is C11H20N4S. The number of aryl methyl sites for hydroxylation is 1. The molecule has 1 aliphatic rings. The lowest BCUT2D eigenvalue weighted by Gasteiger charge is -2.29. The van der Waals surface area contributed by atoms with Gasteiger partial charge < -0.3 is 10.2 Å². The molecule has 1 aliphatic heterocycles. The van der Waals surface area contributed by atoms with Gasteiger partial charge in [-0.2, -0.15) is 0 Å². The molecule has 0 atom stereocenters. The minimum atomic E-state index is 0.912. The zero-order valence-corrected chi connectivity index (χ0v) is 10.9. The van der Waals surface area contributed by atoms with Crippen LogP contribution in [-0.2, 0) is 0 Å². The summed E-state index contributed by atoms with van der Waals surface area (Å²) in [6.07, 6.45) is 2.69. The largest absolute Gasteiger partial charge is 0.359 e. The molecule has 0 saturated carbocycles. The van der Waals surface area contributed by atoms with Crippen LogP contribution in [0, 0.1) is 12.8 Å². The second-order valence-electron chi connectivity index (χ2n) is 4.58. The van der Waals surface area contributed by atoms with E-state index in [-0.39, 0.29) is 0 Å². The van der Waals surface area contributed by atoms with Gasteiger partial charge in [0.25, 0.3) is 0 Å². The van der Waals surface area contributed by atoms with E-state index in [1.54, 1.807) is 11.3 Å². The van der Waals surface area contributed by atoms with Gasteiger partial charge in [0.15, 0.2) is 0 Å². The first-order valence-corrected chi connectivity index (χ1v) is 6.82. The van der Waals surface area contributed by atoms with Crippen LogP contribution in [0.25, 0.3) is 0 Å². The third-order valence-corrected chi connectivity index (χ3v) is 3.90. The van der Waals surface area contributed by atoms with Crippen LogP contribution < -0.4 is 5.32 Å². The predicted octanol–water partition coefficient (Wildman–Crippen LogP) is 1.99. The van der Waals surface area contributed by atoms with E-state index in [9.17, 15) is 0 Å². The minimum Gasteiger partial charge on any atom is -0.359 e. The first-order valence-electron chi connectivity index (χ1n) is 6.00. The van der Waals surface area contributed by atoms with E-state index >= 15 is 0 Å². The van der Waals surface area contributed by atoms with Crippen molar-refractivity contribution in [3.63, 3.8) is 0 Å². The van der Waals surface area contributed by atoms with Crippen molar-refractivity contribution in [1.29, 1.82) is 0 Å². The first-order chi connectivity index (χ1) is 7.74. The lowest BCUT2D eigenvalue weighted by Crippen LogP contribution is -2.36. The molecular weight excluding hydrogens is 220 g/mol. The van der Waals surface area contributed by atoms with Crippen molar-refractivity contribution in [3.05, 3.63) is 5.01 Å². The van der Waals surface area contributed by atoms with Crippen molar-refractivity contribution < 1.29 is 0 Å². The smallest absolute Gasteiger partial charge is 0.205 e. The number of rotatable bonds is 4. The minimum absolute atomic E-state index is 0.912. The number of nitrogens with zero attached hydrogens (tertiary/aromatic N) is 3. The molecule has 0 radical (unpaired) electrons. The average molecular weight is 240 g/mol. The molecule has 0 amide bonds. The lowest BCUT2D eigenvalue weighted by molar-refractivity contribution is 0.199. The van der Waals surface area contributed by atoms with Crippen LogP contribution in [0.4, 0.5) is 5.13 Å². The highest BCUT2D eigenvalue weighted by atomic mass is 32.1. The van der Waals surface area contributed by atoms with Crippen molar-refractivity contribution in [2.24, 2.45) is 5.92 Å². The Balaban J connectivity index is 1.64. The Kier molecular flexibility index (Phi) is 4.12. The second kappa shape index (κ2) is 5.59. The second-order valence-corrected chi connectivity index (χ2v) is 5.76. The molecule has 0 aliphatic carbocycles. The van der Waals surface area contributed by atoms with Crippen molar-refractivity contribution >= 4 is 16.5 Å². The van der Waals surface area contributed by atoms with Crippen LogP contribution in [0.5, 0.6) is 0 Å². The van der Waals surface area contributed by atoms with E-state index < -0.39 is 0 Å². The molecule has 0 spiro atoms. The Morgan fingerprint density at radius 3 is 2.75 bits per heavy atom. The highest BCUT2D eigenvalue weighted by Crippen LogP contribution is 2.16. The maximum absolute atomic E-state index is 4.05. The van der Waals surface area contributed by atoms with Gasteiger partial charge in [0.2, 0.25) is 5.13 Å². The topological polar surface area (TPSA) is 41.1 Å². The van der Waals surface area contributed by atoms with Gasteiger partial charge in [0.05, 0.1) is 0 Å². The number of hydrogen-bond acceptors (Lipinski definition) is 5. The fourth-order valence-corrected chi connectivity index (χ4v) is 2.59. The summed E-state index contributed by atoms with van der Waals surface area (Å²) >= 11 is 1.62. The van der Waals surface area contributed by atoms with Crippen LogP contribution in [-0.4, -0.2) is 41.3 Å². The molecule has 0 bridgehead atoms. The summed E-state index contributed by atoms with van der Waals surface area (Å²) in [5.74, 6) is 0.912. The van der Waals surface area contributed by atoms with Gasteiger partial charge in [0, 0.05) is 13.1 Å². The summed E-state index contributed by atoms with van der Waals surface area (Å²) in [4.78, 5) is 2.53. The molecule has 16 heavy (non-hydrogen) atoms. The zero-order valence-electron chi connectivity index (χ0n) is 10.1. The van der Waals surface area contributed by atoms with E-state index in [1.807, 2.05) is 6.92 Å². The molecule has 90 valence electrons. The Bertz CT molecular complexity index is 318. The predicted molar refractivity (Wildman–Crippen MR) is 68.0 cm³/mol. The van der Waals surface area contributed by atoms with Gasteiger partial charge >= 0.3 is 0 Å². The molecule has 4 nitrogen and oxygen atoms in total. The fourth-order valence-electron chi connectivity index (χ4n) is 1.97. The third kappa shape index (κ3) is 3.42. The van der Waals surface area contributed by atoms with Gasteiger partial charge in [-0.3, -0.25) is 0 Å². The molecule has 1 fully saturated rings. The number of anilines is 1. The average Bonchev–Trinajstić information content (AvgIpc) is 2.67. The van der Waals surface area contributed by atoms with Crippen LogP contribution in [0.2, 0.25) is 0 Å². The van der Waals surface area contributed by atoms with Crippen molar-refractivity contribution in [3.8, 4) is 0 Å². The normalized spacial score (nSPS) is 18.9. The maximum atomic E-state index is 4.05. The number of hydrogen-bond donors (Lipinski definition) is 1. The number of aromatic nitrogens is 2. The Hall–Kier alpha value is -0.680. The summed E-state index contributed by atoms with van der Waals surface area (Å²) in [6, 6.07) is 0.